The fourth-order valence-electron chi connectivity index (χ4n) is 2.97. The van der Waals surface area contributed by atoms with Crippen LogP contribution in [0, 0.1) is 5.92 Å². The van der Waals surface area contributed by atoms with Gasteiger partial charge in [-0.1, -0.05) is 0 Å². The lowest BCUT2D eigenvalue weighted by molar-refractivity contribution is -0.0361. The average molecular weight is 300 g/mol. The first-order chi connectivity index (χ1) is 9.90. The van der Waals surface area contributed by atoms with Crippen LogP contribution in [-0.4, -0.2) is 35.0 Å². The lowest BCUT2D eigenvalue weighted by Gasteiger charge is -2.35. The van der Waals surface area contributed by atoms with Crippen molar-refractivity contribution in [2.75, 3.05) is 13.2 Å². The van der Waals surface area contributed by atoms with Crippen LogP contribution in [0.25, 0.3) is 0 Å². The standard InChI is InChI=1S/C14H14F2O5/c15-12(16)8-1-9(17)11(13(18)19)10(2-8)20-6-14-3-7(4-14)5-21-14/h1-2,7,12,17H,3-6H2,(H,18,19). The summed E-state index contributed by atoms with van der Waals surface area (Å²) in [6, 6.07) is 1.69. The largest absolute Gasteiger partial charge is 0.507 e. The number of alkyl halides is 2. The van der Waals surface area contributed by atoms with E-state index in [1.807, 2.05) is 0 Å². The molecule has 2 aliphatic heterocycles. The van der Waals surface area contributed by atoms with Gasteiger partial charge in [-0.2, -0.15) is 0 Å². The van der Waals surface area contributed by atoms with Crippen molar-refractivity contribution in [2.45, 2.75) is 24.9 Å². The Morgan fingerprint density at radius 1 is 1.48 bits per heavy atom. The maximum absolute atomic E-state index is 12.7. The van der Waals surface area contributed by atoms with Gasteiger partial charge in [0.1, 0.15) is 29.3 Å². The van der Waals surface area contributed by atoms with Crippen LogP contribution in [0.5, 0.6) is 11.5 Å². The van der Waals surface area contributed by atoms with E-state index in [1.165, 1.54) is 0 Å². The predicted molar refractivity (Wildman–Crippen MR) is 66.9 cm³/mol. The molecule has 0 atom stereocenters. The number of carboxylic acid groups (broad SMARTS) is 1. The summed E-state index contributed by atoms with van der Waals surface area (Å²) in [6.45, 7) is 0.743. The van der Waals surface area contributed by atoms with E-state index in [4.69, 9.17) is 14.6 Å². The molecule has 0 spiro atoms. The Kier molecular flexibility index (Phi) is 3.24. The summed E-state index contributed by atoms with van der Waals surface area (Å²) in [6.07, 6.45) is -1.17. The topological polar surface area (TPSA) is 76.0 Å². The fraction of sp³-hybridized carbons (Fsp3) is 0.500. The van der Waals surface area contributed by atoms with E-state index in [2.05, 4.69) is 0 Å². The van der Waals surface area contributed by atoms with E-state index in [0.717, 1.165) is 25.0 Å². The highest BCUT2D eigenvalue weighted by Crippen LogP contribution is 2.48. The van der Waals surface area contributed by atoms with Crippen molar-refractivity contribution in [3.8, 4) is 11.5 Å². The molecule has 2 saturated heterocycles. The monoisotopic (exact) mass is 300 g/mol. The highest BCUT2D eigenvalue weighted by molar-refractivity contribution is 5.94. The number of hydrogen-bond donors (Lipinski definition) is 2. The first-order valence-electron chi connectivity index (χ1n) is 6.55. The quantitative estimate of drug-likeness (QED) is 0.874. The van der Waals surface area contributed by atoms with Crippen molar-refractivity contribution in [1.29, 1.82) is 0 Å². The molecule has 4 rings (SSSR count). The molecule has 0 radical (unpaired) electrons. The number of carbonyl (C=O) groups is 1. The Bertz CT molecular complexity index is 575. The Morgan fingerprint density at radius 3 is 2.71 bits per heavy atom. The van der Waals surface area contributed by atoms with Gasteiger partial charge in [-0.15, -0.1) is 0 Å². The van der Waals surface area contributed by atoms with Crippen molar-refractivity contribution < 1.29 is 33.3 Å². The summed E-state index contributed by atoms with van der Waals surface area (Å²) in [4.78, 5) is 11.2. The number of hydrogen-bond acceptors (Lipinski definition) is 4. The van der Waals surface area contributed by atoms with E-state index in [0.29, 0.717) is 12.5 Å². The molecule has 1 aromatic carbocycles. The molecular weight excluding hydrogens is 286 g/mol. The van der Waals surface area contributed by atoms with Crippen LogP contribution in [0.3, 0.4) is 0 Å². The van der Waals surface area contributed by atoms with Crippen LogP contribution in [0.4, 0.5) is 8.78 Å². The summed E-state index contributed by atoms with van der Waals surface area (Å²) in [5, 5.41) is 18.7. The van der Waals surface area contributed by atoms with Gasteiger partial charge in [-0.25, -0.2) is 13.6 Å². The molecule has 7 heteroatoms. The zero-order valence-corrected chi connectivity index (χ0v) is 11.0. The van der Waals surface area contributed by atoms with Crippen LogP contribution >= 0.6 is 0 Å². The summed E-state index contributed by atoms with van der Waals surface area (Å²) >= 11 is 0. The van der Waals surface area contributed by atoms with Crippen LogP contribution in [0.1, 0.15) is 35.2 Å². The van der Waals surface area contributed by atoms with E-state index in [-0.39, 0.29) is 12.4 Å². The van der Waals surface area contributed by atoms with Crippen LogP contribution in [0.2, 0.25) is 0 Å². The number of phenols is 1. The Hall–Kier alpha value is -1.89. The smallest absolute Gasteiger partial charge is 0.343 e. The van der Waals surface area contributed by atoms with Crippen molar-refractivity contribution in [2.24, 2.45) is 5.92 Å². The van der Waals surface area contributed by atoms with Crippen molar-refractivity contribution in [3.63, 3.8) is 0 Å². The van der Waals surface area contributed by atoms with E-state index in [1.54, 1.807) is 0 Å². The number of benzene rings is 1. The first kappa shape index (κ1) is 14.1. The molecule has 2 bridgehead atoms. The second-order valence-electron chi connectivity index (χ2n) is 5.58. The molecule has 3 aliphatic rings. The maximum atomic E-state index is 12.7. The predicted octanol–water partition coefficient (Wildman–Crippen LogP) is 2.59. The molecule has 1 aliphatic carbocycles. The van der Waals surface area contributed by atoms with Crippen molar-refractivity contribution in [1.82, 2.24) is 0 Å². The molecule has 2 N–H and O–H groups in total. The molecule has 3 fully saturated rings. The number of rotatable bonds is 5. The molecular formula is C14H14F2O5. The van der Waals surface area contributed by atoms with Gasteiger partial charge in [-0.05, 0) is 30.9 Å². The number of aromatic carboxylic acids is 1. The van der Waals surface area contributed by atoms with Crippen molar-refractivity contribution in [3.05, 3.63) is 23.3 Å². The first-order valence-corrected chi connectivity index (χ1v) is 6.55. The Morgan fingerprint density at radius 2 is 2.19 bits per heavy atom. The second-order valence-corrected chi connectivity index (χ2v) is 5.58. The molecule has 0 unspecified atom stereocenters. The minimum absolute atomic E-state index is 0.0932. The Labute approximate surface area is 119 Å². The van der Waals surface area contributed by atoms with Crippen LogP contribution in [0.15, 0.2) is 12.1 Å². The number of carboxylic acids is 1. The summed E-state index contributed by atoms with van der Waals surface area (Å²) in [7, 11) is 0. The zero-order valence-electron chi connectivity index (χ0n) is 11.0. The van der Waals surface area contributed by atoms with E-state index >= 15 is 0 Å². The fourth-order valence-corrected chi connectivity index (χ4v) is 2.97. The third-order valence-electron chi connectivity index (χ3n) is 4.01. The van der Waals surface area contributed by atoms with Crippen LogP contribution in [-0.2, 0) is 4.74 Å². The molecule has 5 nitrogen and oxygen atoms in total. The van der Waals surface area contributed by atoms with Gasteiger partial charge >= 0.3 is 5.97 Å². The third-order valence-corrected chi connectivity index (χ3v) is 4.01. The summed E-state index contributed by atoms with van der Waals surface area (Å²) < 4.78 is 36.4. The zero-order chi connectivity index (χ0) is 15.2. The van der Waals surface area contributed by atoms with Gasteiger partial charge in [0.15, 0.2) is 0 Å². The van der Waals surface area contributed by atoms with Gasteiger partial charge in [0, 0.05) is 5.56 Å². The van der Waals surface area contributed by atoms with Gasteiger partial charge in [0.25, 0.3) is 6.43 Å². The minimum Gasteiger partial charge on any atom is -0.507 e. The molecule has 0 amide bonds. The lowest BCUT2D eigenvalue weighted by Crippen LogP contribution is -2.42. The average Bonchev–Trinajstić information content (AvgIpc) is 2.94. The van der Waals surface area contributed by atoms with Gasteiger partial charge in [0.2, 0.25) is 0 Å². The molecule has 1 aromatic rings. The molecule has 1 saturated carbocycles. The van der Waals surface area contributed by atoms with E-state index in [9.17, 15) is 18.7 Å². The number of aromatic hydroxyl groups is 1. The lowest BCUT2D eigenvalue weighted by atomic mass is 9.75. The summed E-state index contributed by atoms with van der Waals surface area (Å²) in [5.41, 5.74) is -1.43. The number of ether oxygens (including phenoxy) is 2. The maximum Gasteiger partial charge on any atom is 0.343 e. The molecule has 2 heterocycles. The number of fused-ring (bicyclic) bond motifs is 1. The third kappa shape index (κ3) is 2.42. The molecule has 114 valence electrons. The number of halogens is 2. The Balaban J connectivity index is 1.85. The van der Waals surface area contributed by atoms with Gasteiger partial charge < -0.3 is 19.7 Å². The highest BCUT2D eigenvalue weighted by atomic mass is 19.3. The minimum atomic E-state index is -2.82. The normalized spacial score (nSPS) is 26.7. The van der Waals surface area contributed by atoms with Crippen LogP contribution < -0.4 is 4.74 Å². The SMILES string of the molecule is O=C(O)c1c(O)cc(C(F)F)cc1OCC12CC(CO1)C2. The molecule has 0 aromatic heterocycles. The van der Waals surface area contributed by atoms with Gasteiger partial charge in [-0.3, -0.25) is 0 Å². The van der Waals surface area contributed by atoms with Gasteiger partial charge in [0.05, 0.1) is 6.61 Å². The van der Waals surface area contributed by atoms with E-state index < -0.39 is 34.9 Å². The second kappa shape index (κ2) is 4.84. The molecule has 21 heavy (non-hydrogen) atoms. The summed E-state index contributed by atoms with van der Waals surface area (Å²) in [5.74, 6) is -1.91. The van der Waals surface area contributed by atoms with Crippen molar-refractivity contribution >= 4 is 5.97 Å². The highest BCUT2D eigenvalue weighted by Gasteiger charge is 2.52.